The van der Waals surface area contributed by atoms with Crippen LogP contribution >= 0.6 is 27.3 Å². The van der Waals surface area contributed by atoms with E-state index in [1.807, 2.05) is 26.2 Å². The number of benzene rings is 1. The van der Waals surface area contributed by atoms with E-state index in [0.717, 1.165) is 20.0 Å². The Morgan fingerprint density at radius 2 is 1.94 bits per heavy atom. The third kappa shape index (κ3) is 2.68. The number of hydrogen-bond donors (Lipinski definition) is 1. The molecule has 0 amide bonds. The Labute approximate surface area is 113 Å². The molecule has 1 aromatic carbocycles. The molecule has 0 atom stereocenters. The van der Waals surface area contributed by atoms with Crippen molar-refractivity contribution in [3.63, 3.8) is 0 Å². The fourth-order valence-electron chi connectivity index (χ4n) is 1.46. The Balaban J connectivity index is 2.33. The third-order valence-corrected chi connectivity index (χ3v) is 4.31. The van der Waals surface area contributed by atoms with Crippen molar-refractivity contribution in [3.8, 4) is 10.6 Å². The van der Waals surface area contributed by atoms with Gasteiger partial charge in [-0.1, -0.05) is 0 Å². The Hall–Kier alpha value is -0.910. The van der Waals surface area contributed by atoms with Gasteiger partial charge in [0.15, 0.2) is 0 Å². The maximum Gasteiger partial charge on any atom is 0.124 e. The molecule has 3 nitrogen and oxygen atoms in total. The van der Waals surface area contributed by atoms with Gasteiger partial charge in [-0.3, -0.25) is 0 Å². The van der Waals surface area contributed by atoms with Crippen LogP contribution in [0.25, 0.3) is 10.6 Å². The van der Waals surface area contributed by atoms with Crippen LogP contribution in [0.5, 0.6) is 0 Å². The van der Waals surface area contributed by atoms with Gasteiger partial charge in [-0.25, -0.2) is 4.98 Å². The molecule has 0 fully saturated rings. The predicted octanol–water partition coefficient (Wildman–Crippen LogP) is 3.13. The van der Waals surface area contributed by atoms with Crippen molar-refractivity contribution in [1.29, 1.82) is 0 Å². The number of anilines is 1. The average Bonchev–Trinajstić information content (AvgIpc) is 2.70. The van der Waals surface area contributed by atoms with E-state index in [1.54, 1.807) is 0 Å². The van der Waals surface area contributed by atoms with Crippen LogP contribution in [0.4, 0.5) is 5.69 Å². The van der Waals surface area contributed by atoms with Crippen molar-refractivity contribution in [3.05, 3.63) is 33.7 Å². The molecule has 0 aliphatic carbocycles. The standard InChI is InChI=1S/C12H13BrN2OS/c1-15(2)9-5-3-8(4-6-9)12-14-10(7-16)11(13)17-12/h3-6,16H,7H2,1-2H3. The number of aliphatic hydroxyl groups excluding tert-OH is 1. The van der Waals surface area contributed by atoms with E-state index in [4.69, 9.17) is 5.11 Å². The summed E-state index contributed by atoms with van der Waals surface area (Å²) in [5.41, 5.74) is 2.93. The molecule has 1 aromatic heterocycles. The van der Waals surface area contributed by atoms with Gasteiger partial charge in [0.25, 0.3) is 0 Å². The highest BCUT2D eigenvalue weighted by atomic mass is 79.9. The second-order valence-electron chi connectivity index (χ2n) is 3.84. The van der Waals surface area contributed by atoms with Crippen LogP contribution in [0.15, 0.2) is 28.1 Å². The van der Waals surface area contributed by atoms with E-state index in [9.17, 15) is 0 Å². The minimum absolute atomic E-state index is 0.0349. The molecule has 0 bridgehead atoms. The normalized spacial score (nSPS) is 10.6. The smallest absolute Gasteiger partial charge is 0.124 e. The van der Waals surface area contributed by atoms with Gasteiger partial charge in [-0.05, 0) is 40.2 Å². The van der Waals surface area contributed by atoms with E-state index in [1.165, 1.54) is 11.3 Å². The van der Waals surface area contributed by atoms with E-state index in [0.29, 0.717) is 5.69 Å². The molecule has 17 heavy (non-hydrogen) atoms. The Morgan fingerprint density at radius 1 is 1.29 bits per heavy atom. The van der Waals surface area contributed by atoms with Crippen molar-refractivity contribution in [1.82, 2.24) is 4.98 Å². The number of aromatic nitrogens is 1. The van der Waals surface area contributed by atoms with Crippen LogP contribution in [0.1, 0.15) is 5.69 Å². The molecule has 0 aliphatic rings. The Bertz CT molecular complexity index is 508. The van der Waals surface area contributed by atoms with Gasteiger partial charge in [0, 0.05) is 25.3 Å². The quantitative estimate of drug-likeness (QED) is 0.946. The average molecular weight is 313 g/mol. The number of thiazole rings is 1. The molecule has 0 saturated heterocycles. The molecule has 0 spiro atoms. The summed E-state index contributed by atoms with van der Waals surface area (Å²) in [7, 11) is 4.03. The number of aliphatic hydroxyl groups is 1. The van der Waals surface area contributed by atoms with E-state index in [-0.39, 0.29) is 6.61 Å². The highest BCUT2D eigenvalue weighted by Crippen LogP contribution is 2.32. The summed E-state index contributed by atoms with van der Waals surface area (Å²) in [6.07, 6.45) is 0. The zero-order valence-electron chi connectivity index (χ0n) is 9.64. The lowest BCUT2D eigenvalue weighted by molar-refractivity contribution is 0.277. The van der Waals surface area contributed by atoms with E-state index >= 15 is 0 Å². The molecule has 0 saturated carbocycles. The summed E-state index contributed by atoms with van der Waals surface area (Å²) in [5, 5.41) is 10.0. The summed E-state index contributed by atoms with van der Waals surface area (Å²) in [4.78, 5) is 6.44. The highest BCUT2D eigenvalue weighted by Gasteiger charge is 2.09. The van der Waals surface area contributed by atoms with Gasteiger partial charge in [0.2, 0.25) is 0 Å². The molecular formula is C12H13BrN2OS. The van der Waals surface area contributed by atoms with Crippen molar-refractivity contribution in [2.45, 2.75) is 6.61 Å². The largest absolute Gasteiger partial charge is 0.390 e. The molecule has 0 unspecified atom stereocenters. The maximum atomic E-state index is 9.10. The summed E-state index contributed by atoms with van der Waals surface area (Å²) in [5.74, 6) is 0. The first-order valence-electron chi connectivity index (χ1n) is 5.15. The van der Waals surface area contributed by atoms with E-state index in [2.05, 4.69) is 37.9 Å². The van der Waals surface area contributed by atoms with Crippen LogP contribution < -0.4 is 4.90 Å². The molecule has 1 heterocycles. The first kappa shape index (κ1) is 12.5. The second-order valence-corrected chi connectivity index (χ2v) is 6.16. The van der Waals surface area contributed by atoms with Gasteiger partial charge >= 0.3 is 0 Å². The molecular weight excluding hydrogens is 300 g/mol. The third-order valence-electron chi connectivity index (χ3n) is 2.43. The van der Waals surface area contributed by atoms with Gasteiger partial charge in [0.05, 0.1) is 16.1 Å². The van der Waals surface area contributed by atoms with Gasteiger partial charge in [-0.15, -0.1) is 11.3 Å². The molecule has 2 aromatic rings. The summed E-state index contributed by atoms with van der Waals surface area (Å²) in [6.45, 7) is -0.0349. The predicted molar refractivity (Wildman–Crippen MR) is 75.5 cm³/mol. The van der Waals surface area contributed by atoms with Gasteiger partial charge < -0.3 is 10.0 Å². The maximum absolute atomic E-state index is 9.10. The number of halogens is 1. The van der Waals surface area contributed by atoms with Gasteiger partial charge in [0.1, 0.15) is 5.01 Å². The first-order chi connectivity index (χ1) is 8.11. The molecule has 2 rings (SSSR count). The lowest BCUT2D eigenvalue weighted by Crippen LogP contribution is -2.07. The fourth-order valence-corrected chi connectivity index (χ4v) is 2.94. The highest BCUT2D eigenvalue weighted by molar-refractivity contribution is 9.11. The van der Waals surface area contributed by atoms with E-state index < -0.39 is 0 Å². The summed E-state index contributed by atoms with van der Waals surface area (Å²) >= 11 is 4.94. The minimum Gasteiger partial charge on any atom is -0.390 e. The number of rotatable bonds is 3. The van der Waals surface area contributed by atoms with Crippen LogP contribution in [-0.4, -0.2) is 24.2 Å². The fraction of sp³-hybridized carbons (Fsp3) is 0.250. The number of hydrogen-bond acceptors (Lipinski definition) is 4. The monoisotopic (exact) mass is 312 g/mol. The zero-order valence-corrected chi connectivity index (χ0v) is 12.0. The van der Waals surface area contributed by atoms with Gasteiger partial charge in [-0.2, -0.15) is 0 Å². The first-order valence-corrected chi connectivity index (χ1v) is 6.76. The topological polar surface area (TPSA) is 36.4 Å². The molecule has 90 valence electrons. The van der Waals surface area contributed by atoms with Crippen molar-refractivity contribution in [2.75, 3.05) is 19.0 Å². The molecule has 5 heteroatoms. The lowest BCUT2D eigenvalue weighted by Gasteiger charge is -2.11. The van der Waals surface area contributed by atoms with Crippen molar-refractivity contribution >= 4 is 33.0 Å². The SMILES string of the molecule is CN(C)c1ccc(-c2nc(CO)c(Br)s2)cc1. The van der Waals surface area contributed by atoms with Crippen LogP contribution in [0.3, 0.4) is 0 Å². The second kappa shape index (κ2) is 5.16. The van der Waals surface area contributed by atoms with Crippen LogP contribution in [0.2, 0.25) is 0 Å². The zero-order chi connectivity index (χ0) is 12.4. The number of nitrogens with zero attached hydrogens (tertiary/aromatic N) is 2. The van der Waals surface area contributed by atoms with Crippen molar-refractivity contribution in [2.24, 2.45) is 0 Å². The Kier molecular flexibility index (Phi) is 3.81. The molecule has 0 radical (unpaired) electrons. The Morgan fingerprint density at radius 3 is 2.41 bits per heavy atom. The molecule has 0 aliphatic heterocycles. The molecule has 1 N–H and O–H groups in total. The minimum atomic E-state index is -0.0349. The summed E-state index contributed by atoms with van der Waals surface area (Å²) in [6, 6.07) is 8.20. The summed E-state index contributed by atoms with van der Waals surface area (Å²) < 4.78 is 0.895. The van der Waals surface area contributed by atoms with Crippen LogP contribution in [-0.2, 0) is 6.61 Å². The van der Waals surface area contributed by atoms with Crippen LogP contribution in [0, 0.1) is 0 Å². The lowest BCUT2D eigenvalue weighted by atomic mass is 10.2. The van der Waals surface area contributed by atoms with Crippen molar-refractivity contribution < 1.29 is 5.11 Å².